The highest BCUT2D eigenvalue weighted by Gasteiger charge is 2.20. The van der Waals surface area contributed by atoms with Crippen molar-refractivity contribution in [2.45, 2.75) is 25.9 Å². The van der Waals surface area contributed by atoms with Crippen molar-refractivity contribution in [3.05, 3.63) is 88.7 Å². The van der Waals surface area contributed by atoms with Crippen molar-refractivity contribution in [1.82, 2.24) is 15.1 Å². The van der Waals surface area contributed by atoms with Crippen molar-refractivity contribution in [1.29, 1.82) is 0 Å². The minimum absolute atomic E-state index is 0.00399. The summed E-state index contributed by atoms with van der Waals surface area (Å²) in [6.45, 7) is 1.73. The number of nitrogens with one attached hydrogen (secondary N) is 1. The number of carbonyl (C=O) groups is 2. The second kappa shape index (κ2) is 10.2. The number of benzene rings is 2. The maximum atomic E-state index is 12.7. The first-order chi connectivity index (χ1) is 14.6. The molecule has 0 spiro atoms. The fraction of sp³-hybridized carbons (Fsp3) is 0.217. The van der Waals surface area contributed by atoms with Crippen LogP contribution in [0.25, 0.3) is 11.3 Å². The molecule has 7 heteroatoms. The van der Waals surface area contributed by atoms with Crippen LogP contribution in [0.1, 0.15) is 24.9 Å². The van der Waals surface area contributed by atoms with Crippen molar-refractivity contribution in [2.24, 2.45) is 0 Å². The van der Waals surface area contributed by atoms with Crippen LogP contribution < -0.4 is 10.9 Å². The van der Waals surface area contributed by atoms with E-state index in [9.17, 15) is 14.4 Å². The SMILES string of the molecule is CCOC(=O)CC(NC(=O)Cn1nc(-c2ccccc2)ccc1=O)c1ccccc1. The van der Waals surface area contributed by atoms with Gasteiger partial charge in [0.2, 0.25) is 5.91 Å². The lowest BCUT2D eigenvalue weighted by Crippen LogP contribution is -2.36. The minimum atomic E-state index is -0.564. The average molecular weight is 405 g/mol. The maximum Gasteiger partial charge on any atom is 0.308 e. The Labute approximate surface area is 174 Å². The van der Waals surface area contributed by atoms with Crippen molar-refractivity contribution in [3.63, 3.8) is 0 Å². The number of hydrogen-bond donors (Lipinski definition) is 1. The van der Waals surface area contributed by atoms with Gasteiger partial charge in [-0.25, -0.2) is 4.68 Å². The number of ether oxygens (including phenoxy) is 1. The Morgan fingerprint density at radius 3 is 2.33 bits per heavy atom. The number of esters is 1. The summed E-state index contributed by atoms with van der Waals surface area (Å²) in [6.07, 6.45) is -0.00399. The summed E-state index contributed by atoms with van der Waals surface area (Å²) in [6, 6.07) is 21.0. The highest BCUT2D eigenvalue weighted by atomic mass is 16.5. The fourth-order valence-corrected chi connectivity index (χ4v) is 3.03. The van der Waals surface area contributed by atoms with Crippen LogP contribution in [0, 0.1) is 0 Å². The molecular formula is C23H23N3O4. The Morgan fingerprint density at radius 2 is 1.67 bits per heavy atom. The van der Waals surface area contributed by atoms with Crippen LogP contribution >= 0.6 is 0 Å². The molecule has 0 fully saturated rings. The standard InChI is InChI=1S/C23H23N3O4/c1-2-30-23(29)15-20(18-11-7-4-8-12-18)24-21(27)16-26-22(28)14-13-19(25-26)17-9-5-3-6-10-17/h3-14,20H,2,15-16H2,1H3,(H,24,27). The molecule has 0 saturated carbocycles. The average Bonchev–Trinajstić information content (AvgIpc) is 2.76. The lowest BCUT2D eigenvalue weighted by molar-refractivity contribution is -0.143. The molecule has 1 N–H and O–H groups in total. The number of aromatic nitrogens is 2. The zero-order valence-corrected chi connectivity index (χ0v) is 16.7. The highest BCUT2D eigenvalue weighted by Crippen LogP contribution is 2.17. The fourth-order valence-electron chi connectivity index (χ4n) is 3.03. The Bertz CT molecular complexity index is 1050. The molecule has 1 atom stereocenters. The van der Waals surface area contributed by atoms with Gasteiger partial charge in [-0.3, -0.25) is 14.4 Å². The van der Waals surface area contributed by atoms with E-state index in [1.54, 1.807) is 13.0 Å². The number of rotatable bonds is 8. The van der Waals surface area contributed by atoms with E-state index in [1.807, 2.05) is 60.7 Å². The van der Waals surface area contributed by atoms with Gasteiger partial charge in [-0.2, -0.15) is 5.10 Å². The van der Waals surface area contributed by atoms with E-state index in [2.05, 4.69) is 10.4 Å². The second-order valence-corrected chi connectivity index (χ2v) is 6.62. The number of hydrogen-bond acceptors (Lipinski definition) is 5. The van der Waals surface area contributed by atoms with E-state index < -0.39 is 17.9 Å². The molecule has 154 valence electrons. The Balaban J connectivity index is 1.77. The first-order valence-electron chi connectivity index (χ1n) is 9.70. The predicted octanol–water partition coefficient (Wildman–Crippen LogP) is 2.72. The van der Waals surface area contributed by atoms with Gasteiger partial charge in [0, 0.05) is 11.6 Å². The van der Waals surface area contributed by atoms with Gasteiger partial charge < -0.3 is 10.1 Å². The molecule has 0 aliphatic carbocycles. The first-order valence-corrected chi connectivity index (χ1v) is 9.70. The third-order valence-corrected chi connectivity index (χ3v) is 4.44. The number of nitrogens with zero attached hydrogens (tertiary/aromatic N) is 2. The molecule has 3 aromatic rings. The minimum Gasteiger partial charge on any atom is -0.466 e. The smallest absolute Gasteiger partial charge is 0.308 e. The van der Waals surface area contributed by atoms with Crippen molar-refractivity contribution in [2.75, 3.05) is 6.61 Å². The van der Waals surface area contributed by atoms with Crippen LogP contribution in [-0.4, -0.2) is 28.3 Å². The zero-order valence-electron chi connectivity index (χ0n) is 16.7. The van der Waals surface area contributed by atoms with Crippen LogP contribution in [0.4, 0.5) is 0 Å². The van der Waals surface area contributed by atoms with Crippen molar-refractivity contribution in [3.8, 4) is 11.3 Å². The van der Waals surface area contributed by atoms with Gasteiger partial charge >= 0.3 is 5.97 Å². The van der Waals surface area contributed by atoms with E-state index in [1.165, 1.54) is 6.07 Å². The molecule has 2 aromatic carbocycles. The third kappa shape index (κ3) is 5.64. The summed E-state index contributed by atoms with van der Waals surface area (Å²) in [5, 5.41) is 7.12. The largest absolute Gasteiger partial charge is 0.466 e. The third-order valence-electron chi connectivity index (χ3n) is 4.44. The maximum absolute atomic E-state index is 12.7. The molecular weight excluding hydrogens is 382 g/mol. The summed E-state index contributed by atoms with van der Waals surface area (Å²) < 4.78 is 6.13. The van der Waals surface area contributed by atoms with E-state index in [0.29, 0.717) is 5.69 Å². The summed E-state index contributed by atoms with van der Waals surface area (Å²) in [5.41, 5.74) is 1.83. The van der Waals surface area contributed by atoms with Crippen LogP contribution in [0.2, 0.25) is 0 Å². The first kappa shape index (κ1) is 21.0. The van der Waals surface area contributed by atoms with E-state index >= 15 is 0 Å². The van der Waals surface area contributed by atoms with Crippen molar-refractivity contribution >= 4 is 11.9 Å². The van der Waals surface area contributed by atoms with Crippen molar-refractivity contribution < 1.29 is 14.3 Å². The van der Waals surface area contributed by atoms with Gasteiger partial charge in [-0.1, -0.05) is 60.7 Å². The molecule has 0 radical (unpaired) electrons. The molecule has 1 amide bonds. The Hall–Kier alpha value is -3.74. The topological polar surface area (TPSA) is 90.3 Å². The van der Waals surface area contributed by atoms with Crippen LogP contribution in [0.5, 0.6) is 0 Å². The van der Waals surface area contributed by atoms with Gasteiger partial charge in [0.1, 0.15) is 6.54 Å². The molecule has 3 rings (SSSR count). The van der Waals surface area contributed by atoms with Crippen LogP contribution in [0.3, 0.4) is 0 Å². The van der Waals surface area contributed by atoms with E-state index in [4.69, 9.17) is 4.74 Å². The summed E-state index contributed by atoms with van der Waals surface area (Å²) in [5.74, 6) is -0.832. The zero-order chi connectivity index (χ0) is 21.3. The molecule has 1 unspecified atom stereocenters. The van der Waals surface area contributed by atoms with Gasteiger partial charge in [0.15, 0.2) is 0 Å². The predicted molar refractivity (Wildman–Crippen MR) is 113 cm³/mol. The normalized spacial score (nSPS) is 11.5. The molecule has 0 aliphatic heterocycles. The second-order valence-electron chi connectivity index (χ2n) is 6.62. The molecule has 0 saturated heterocycles. The van der Waals surface area contributed by atoms with Crippen LogP contribution in [0.15, 0.2) is 77.6 Å². The van der Waals surface area contributed by atoms with E-state index in [0.717, 1.165) is 15.8 Å². The lowest BCUT2D eigenvalue weighted by atomic mass is 10.0. The highest BCUT2D eigenvalue weighted by molar-refractivity contribution is 5.78. The molecule has 7 nitrogen and oxygen atoms in total. The molecule has 30 heavy (non-hydrogen) atoms. The Morgan fingerprint density at radius 1 is 1.00 bits per heavy atom. The summed E-state index contributed by atoms with van der Waals surface area (Å²) >= 11 is 0. The molecule has 1 heterocycles. The molecule has 0 aliphatic rings. The van der Waals surface area contributed by atoms with E-state index in [-0.39, 0.29) is 25.1 Å². The van der Waals surface area contributed by atoms with Gasteiger partial charge in [0.05, 0.1) is 24.8 Å². The number of carbonyl (C=O) groups excluding carboxylic acids is 2. The monoisotopic (exact) mass is 405 g/mol. The number of amides is 1. The summed E-state index contributed by atoms with van der Waals surface area (Å²) in [7, 11) is 0. The van der Waals surface area contributed by atoms with Gasteiger partial charge in [-0.15, -0.1) is 0 Å². The van der Waals surface area contributed by atoms with Gasteiger partial charge in [-0.05, 0) is 18.6 Å². The molecule has 0 bridgehead atoms. The Kier molecular flexibility index (Phi) is 7.10. The lowest BCUT2D eigenvalue weighted by Gasteiger charge is -2.19. The summed E-state index contributed by atoms with van der Waals surface area (Å²) in [4.78, 5) is 36.9. The van der Waals surface area contributed by atoms with Crippen LogP contribution in [-0.2, 0) is 20.9 Å². The molecule has 1 aromatic heterocycles. The van der Waals surface area contributed by atoms with Gasteiger partial charge in [0.25, 0.3) is 5.56 Å². The quantitative estimate of drug-likeness (QED) is 0.582.